The van der Waals surface area contributed by atoms with E-state index in [9.17, 15) is 0 Å². The molecular weight excluding hydrogens is 348 g/mol. The lowest BCUT2D eigenvalue weighted by molar-refractivity contribution is -0.896. The van der Waals surface area contributed by atoms with Crippen LogP contribution in [-0.4, -0.2) is 32.8 Å². The molecule has 0 radical (unpaired) electrons. The Morgan fingerprint density at radius 2 is 1.71 bits per heavy atom. The molecule has 0 fully saturated rings. The van der Waals surface area contributed by atoms with Crippen LogP contribution < -0.4 is 19.7 Å². The van der Waals surface area contributed by atoms with Crippen molar-refractivity contribution < 1.29 is 19.7 Å². The molecule has 0 heterocycles. The second-order valence-electron chi connectivity index (χ2n) is 7.53. The van der Waals surface area contributed by atoms with Crippen LogP contribution in [0.1, 0.15) is 44.7 Å². The Bertz CT molecular complexity index is 672. The lowest BCUT2D eigenvalue weighted by Gasteiger charge is -2.17. The van der Waals surface area contributed by atoms with Crippen molar-refractivity contribution in [1.29, 1.82) is 0 Å². The van der Waals surface area contributed by atoms with Crippen LogP contribution in [-0.2, 0) is 13.2 Å². The zero-order valence-electron chi connectivity index (χ0n) is 18.0. The minimum absolute atomic E-state index is 0.550. The van der Waals surface area contributed by atoms with E-state index < -0.39 is 0 Å². The molecule has 0 aliphatic rings. The van der Waals surface area contributed by atoms with E-state index in [4.69, 9.17) is 9.47 Å². The fraction of sp³-hybridized carbons (Fsp3) is 0.500. The number of ether oxygens (including phenoxy) is 2. The highest BCUT2D eigenvalue weighted by Gasteiger charge is 2.11. The summed E-state index contributed by atoms with van der Waals surface area (Å²) in [5, 5.41) is 2.43. The van der Waals surface area contributed by atoms with Gasteiger partial charge in [0.25, 0.3) is 0 Å². The summed E-state index contributed by atoms with van der Waals surface area (Å²) in [6, 6.07) is 17.1. The van der Waals surface area contributed by atoms with E-state index in [0.717, 1.165) is 23.6 Å². The third kappa shape index (κ3) is 7.53. The summed E-state index contributed by atoms with van der Waals surface area (Å²) >= 11 is 0. The molecule has 2 aromatic rings. The summed E-state index contributed by atoms with van der Waals surface area (Å²) in [7, 11) is 1.70. The third-order valence-corrected chi connectivity index (χ3v) is 5.41. The first-order valence-corrected chi connectivity index (χ1v) is 10.7. The molecule has 2 rings (SSSR count). The Labute approximate surface area is 170 Å². The van der Waals surface area contributed by atoms with E-state index in [1.807, 2.05) is 24.3 Å². The lowest BCUT2D eigenvalue weighted by atomic mass is 10.1. The van der Waals surface area contributed by atoms with Gasteiger partial charge in [-0.05, 0) is 44.5 Å². The second kappa shape index (κ2) is 12.4. The molecule has 0 unspecified atom stereocenters. The Morgan fingerprint density at radius 3 is 2.39 bits per heavy atom. The van der Waals surface area contributed by atoms with Gasteiger partial charge in [0.05, 0.1) is 32.8 Å². The van der Waals surface area contributed by atoms with E-state index in [1.165, 1.54) is 38.0 Å². The number of benzene rings is 2. The first-order valence-electron chi connectivity index (χ1n) is 10.7. The predicted molar refractivity (Wildman–Crippen MR) is 115 cm³/mol. The summed E-state index contributed by atoms with van der Waals surface area (Å²) in [4.78, 5) is 1.70. The number of hydrogen-bond acceptors (Lipinski definition) is 2. The van der Waals surface area contributed by atoms with Crippen molar-refractivity contribution in [3.63, 3.8) is 0 Å². The highest BCUT2D eigenvalue weighted by atomic mass is 16.5. The van der Waals surface area contributed by atoms with E-state index >= 15 is 0 Å². The number of nitrogens with one attached hydrogen (secondary N) is 1. The van der Waals surface area contributed by atoms with Crippen LogP contribution >= 0.6 is 0 Å². The van der Waals surface area contributed by atoms with Crippen LogP contribution in [0, 0.1) is 0 Å². The molecule has 154 valence electrons. The topological polar surface area (TPSA) is 39.5 Å². The largest absolute Gasteiger partial charge is 0.493 e. The minimum atomic E-state index is 0.550. The van der Waals surface area contributed by atoms with Crippen molar-refractivity contribution in [2.75, 3.05) is 26.7 Å². The fourth-order valence-corrected chi connectivity index (χ4v) is 3.43. The monoisotopic (exact) mass is 386 g/mol. The van der Waals surface area contributed by atoms with E-state index in [2.05, 4.69) is 50.4 Å². The van der Waals surface area contributed by atoms with Crippen molar-refractivity contribution in [2.45, 2.75) is 52.8 Å². The highest BCUT2D eigenvalue weighted by molar-refractivity contribution is 5.42. The Balaban J connectivity index is 1.80. The number of quaternary nitrogens is 2. The maximum Gasteiger partial charge on any atom is 0.161 e. The zero-order chi connectivity index (χ0) is 20.2. The summed E-state index contributed by atoms with van der Waals surface area (Å²) in [6.07, 6.45) is 2.56. The standard InChI is InChI=1S/C24H36N2O2/c1-5-26(6-2)16-10-11-20(3)25-18-22-14-15-23(24(17-22)27-4)28-19-21-12-8-7-9-13-21/h7-9,12-15,17,20,25H,5-6,10-11,16,18-19H2,1-4H3/p+2/t20-/m0/s1. The highest BCUT2D eigenvalue weighted by Crippen LogP contribution is 2.28. The zero-order valence-corrected chi connectivity index (χ0v) is 18.0. The van der Waals surface area contributed by atoms with E-state index in [0.29, 0.717) is 12.6 Å². The molecule has 4 heteroatoms. The van der Waals surface area contributed by atoms with Gasteiger partial charge in [-0.1, -0.05) is 30.3 Å². The van der Waals surface area contributed by atoms with Gasteiger partial charge in [0.1, 0.15) is 13.2 Å². The van der Waals surface area contributed by atoms with Gasteiger partial charge < -0.3 is 19.7 Å². The SMILES string of the molecule is CC[NH+](CC)CCC[C@H](C)[NH2+]Cc1ccc(OCc2ccccc2)c(OC)c1. The van der Waals surface area contributed by atoms with Gasteiger partial charge in [-0.25, -0.2) is 0 Å². The molecule has 0 bridgehead atoms. The number of hydrogen-bond donors (Lipinski definition) is 2. The lowest BCUT2D eigenvalue weighted by Crippen LogP contribution is -3.11. The van der Waals surface area contributed by atoms with E-state index in [1.54, 1.807) is 12.0 Å². The van der Waals surface area contributed by atoms with E-state index in [-0.39, 0.29) is 0 Å². The van der Waals surface area contributed by atoms with Gasteiger partial charge in [0.2, 0.25) is 0 Å². The van der Waals surface area contributed by atoms with Crippen molar-refractivity contribution in [1.82, 2.24) is 0 Å². The maximum atomic E-state index is 5.95. The third-order valence-electron chi connectivity index (χ3n) is 5.41. The Morgan fingerprint density at radius 1 is 0.964 bits per heavy atom. The summed E-state index contributed by atoms with van der Waals surface area (Å²) in [5.41, 5.74) is 2.42. The molecule has 0 amide bonds. The molecule has 0 saturated heterocycles. The Kier molecular flexibility index (Phi) is 9.87. The van der Waals surface area contributed by atoms with Crippen molar-refractivity contribution in [3.05, 3.63) is 59.7 Å². The molecule has 0 aliphatic heterocycles. The van der Waals surface area contributed by atoms with Crippen molar-refractivity contribution >= 4 is 0 Å². The quantitative estimate of drug-likeness (QED) is 0.555. The molecule has 28 heavy (non-hydrogen) atoms. The average molecular weight is 387 g/mol. The van der Waals surface area contributed by atoms with Gasteiger partial charge in [-0.15, -0.1) is 0 Å². The molecule has 0 spiro atoms. The van der Waals surface area contributed by atoms with Gasteiger partial charge in [0, 0.05) is 18.4 Å². The number of nitrogens with two attached hydrogens (primary N) is 1. The van der Waals surface area contributed by atoms with Gasteiger partial charge in [-0.3, -0.25) is 0 Å². The normalized spacial score (nSPS) is 12.2. The average Bonchev–Trinajstić information content (AvgIpc) is 2.74. The predicted octanol–water partition coefficient (Wildman–Crippen LogP) is 2.43. The first kappa shape index (κ1) is 22.3. The maximum absolute atomic E-state index is 5.95. The van der Waals surface area contributed by atoms with Crippen molar-refractivity contribution in [3.8, 4) is 11.5 Å². The summed E-state index contributed by atoms with van der Waals surface area (Å²) in [5.74, 6) is 1.60. The number of methoxy groups -OCH3 is 1. The molecule has 0 saturated carbocycles. The Hall–Kier alpha value is -2.04. The van der Waals surface area contributed by atoms with Crippen molar-refractivity contribution in [2.24, 2.45) is 0 Å². The van der Waals surface area contributed by atoms with Gasteiger partial charge in [-0.2, -0.15) is 0 Å². The second-order valence-corrected chi connectivity index (χ2v) is 7.53. The first-order chi connectivity index (χ1) is 13.7. The number of rotatable bonds is 13. The summed E-state index contributed by atoms with van der Waals surface area (Å²) in [6.45, 7) is 12.1. The van der Waals surface area contributed by atoms with Gasteiger partial charge >= 0.3 is 0 Å². The molecule has 0 aliphatic carbocycles. The van der Waals surface area contributed by atoms with Crippen LogP contribution in [0.4, 0.5) is 0 Å². The molecule has 4 nitrogen and oxygen atoms in total. The molecule has 2 aromatic carbocycles. The molecule has 3 N–H and O–H groups in total. The van der Waals surface area contributed by atoms with Crippen LogP contribution in [0.15, 0.2) is 48.5 Å². The molecular formula is C24H38N2O2+2. The summed E-state index contributed by atoms with van der Waals surface area (Å²) < 4.78 is 11.5. The fourth-order valence-electron chi connectivity index (χ4n) is 3.43. The van der Waals surface area contributed by atoms with Gasteiger partial charge in [0.15, 0.2) is 11.5 Å². The van der Waals surface area contributed by atoms with Crippen LogP contribution in [0.25, 0.3) is 0 Å². The molecule has 0 aromatic heterocycles. The van der Waals surface area contributed by atoms with Crippen LogP contribution in [0.5, 0.6) is 11.5 Å². The minimum Gasteiger partial charge on any atom is -0.493 e. The van der Waals surface area contributed by atoms with Crippen LogP contribution in [0.3, 0.4) is 0 Å². The van der Waals surface area contributed by atoms with Crippen LogP contribution in [0.2, 0.25) is 0 Å². The molecule has 1 atom stereocenters. The smallest absolute Gasteiger partial charge is 0.161 e.